The molecule has 2 N–H and O–H groups in total. The maximum absolute atomic E-state index is 11.3. The van der Waals surface area contributed by atoms with E-state index in [4.69, 9.17) is 9.84 Å². The molecule has 0 bridgehead atoms. The maximum atomic E-state index is 11.3. The number of aliphatic carboxylic acids is 1. The smallest absolute Gasteiger partial charge is 0.303 e. The van der Waals surface area contributed by atoms with E-state index in [0.717, 1.165) is 19.3 Å². The van der Waals surface area contributed by atoms with E-state index in [1.165, 1.54) is 0 Å². The summed E-state index contributed by atoms with van der Waals surface area (Å²) < 4.78 is 5.27. The molecule has 0 aliphatic carbocycles. The summed E-state index contributed by atoms with van der Waals surface area (Å²) in [5.74, 6) is -0.875. The lowest BCUT2D eigenvalue weighted by atomic mass is 10.2. The number of ether oxygens (including phenoxy) is 1. The highest BCUT2D eigenvalue weighted by Gasteiger charge is 2.04. The fraction of sp³-hybridized carbons (Fsp3) is 0.833. The number of carboxylic acids is 1. The van der Waals surface area contributed by atoms with E-state index in [-0.39, 0.29) is 25.0 Å². The quantitative estimate of drug-likeness (QED) is 0.573. The lowest BCUT2D eigenvalue weighted by molar-refractivity contribution is -0.137. The Balaban J connectivity index is 3.30. The Morgan fingerprint density at radius 2 is 2.00 bits per heavy atom. The van der Waals surface area contributed by atoms with Crippen LogP contribution in [0.1, 0.15) is 46.0 Å². The lowest BCUT2D eigenvalue weighted by Gasteiger charge is -2.10. The highest BCUT2D eigenvalue weighted by molar-refractivity contribution is 5.77. The number of hydrogen-bond acceptors (Lipinski definition) is 3. The third-order valence-electron chi connectivity index (χ3n) is 2.46. The van der Waals surface area contributed by atoms with Crippen molar-refractivity contribution in [1.29, 1.82) is 0 Å². The van der Waals surface area contributed by atoms with E-state index in [1.54, 1.807) is 0 Å². The Kier molecular flexibility index (Phi) is 9.43. The molecule has 0 aromatic rings. The molecule has 1 amide bonds. The predicted molar refractivity (Wildman–Crippen MR) is 64.8 cm³/mol. The van der Waals surface area contributed by atoms with Crippen LogP contribution in [0.15, 0.2) is 0 Å². The number of carbonyl (C=O) groups excluding carboxylic acids is 1. The van der Waals surface area contributed by atoms with E-state index in [2.05, 4.69) is 5.32 Å². The zero-order valence-electron chi connectivity index (χ0n) is 10.7. The normalized spacial score (nSPS) is 12.1. The number of rotatable bonds is 10. The standard InChI is InChI=1S/C12H23NO4/c1-3-10(2)17-9-11(14)13-8-6-4-5-7-12(15)16/h10H,3-9H2,1-2H3,(H,13,14)(H,15,16). The van der Waals surface area contributed by atoms with Crippen molar-refractivity contribution in [3.63, 3.8) is 0 Å². The van der Waals surface area contributed by atoms with Gasteiger partial charge >= 0.3 is 5.97 Å². The predicted octanol–water partition coefficient (Wildman–Crippen LogP) is 1.56. The van der Waals surface area contributed by atoms with Crippen molar-refractivity contribution in [2.75, 3.05) is 13.2 Å². The highest BCUT2D eigenvalue weighted by atomic mass is 16.5. The molecule has 1 unspecified atom stereocenters. The number of nitrogens with one attached hydrogen (secondary N) is 1. The van der Waals surface area contributed by atoms with Crippen molar-refractivity contribution in [2.45, 2.75) is 52.1 Å². The van der Waals surface area contributed by atoms with Gasteiger partial charge < -0.3 is 15.2 Å². The summed E-state index contributed by atoms with van der Waals surface area (Å²) in [6.07, 6.45) is 3.49. The van der Waals surface area contributed by atoms with Gasteiger partial charge in [-0.1, -0.05) is 13.3 Å². The van der Waals surface area contributed by atoms with Crippen LogP contribution in [0.4, 0.5) is 0 Å². The van der Waals surface area contributed by atoms with Crippen molar-refractivity contribution in [3.05, 3.63) is 0 Å². The summed E-state index contributed by atoms with van der Waals surface area (Å²) >= 11 is 0. The van der Waals surface area contributed by atoms with E-state index in [0.29, 0.717) is 13.0 Å². The van der Waals surface area contributed by atoms with Gasteiger partial charge in [0.2, 0.25) is 5.91 Å². The van der Waals surface area contributed by atoms with E-state index in [9.17, 15) is 9.59 Å². The van der Waals surface area contributed by atoms with Gasteiger partial charge in [-0.05, 0) is 26.2 Å². The van der Waals surface area contributed by atoms with Crippen molar-refractivity contribution in [2.24, 2.45) is 0 Å². The zero-order valence-corrected chi connectivity index (χ0v) is 10.7. The SMILES string of the molecule is CCC(C)OCC(=O)NCCCCCC(=O)O. The first kappa shape index (κ1) is 15.9. The third kappa shape index (κ3) is 11.2. The molecule has 100 valence electrons. The number of hydrogen-bond donors (Lipinski definition) is 2. The number of unbranched alkanes of at least 4 members (excludes halogenated alkanes) is 2. The molecule has 0 aromatic heterocycles. The molecular formula is C12H23NO4. The number of amides is 1. The maximum Gasteiger partial charge on any atom is 0.303 e. The van der Waals surface area contributed by atoms with Crippen LogP contribution >= 0.6 is 0 Å². The van der Waals surface area contributed by atoms with Gasteiger partial charge in [0.1, 0.15) is 6.61 Å². The summed E-state index contributed by atoms with van der Waals surface area (Å²) in [5, 5.41) is 11.2. The van der Waals surface area contributed by atoms with Crippen LogP contribution in [0.5, 0.6) is 0 Å². The largest absolute Gasteiger partial charge is 0.481 e. The molecule has 0 aliphatic rings. The lowest BCUT2D eigenvalue weighted by Crippen LogP contribution is -2.29. The van der Waals surface area contributed by atoms with Gasteiger partial charge in [-0.25, -0.2) is 0 Å². The Morgan fingerprint density at radius 1 is 1.29 bits per heavy atom. The molecule has 0 saturated carbocycles. The molecule has 1 atom stereocenters. The summed E-state index contributed by atoms with van der Waals surface area (Å²) in [6, 6.07) is 0. The van der Waals surface area contributed by atoms with Crippen LogP contribution in [0.25, 0.3) is 0 Å². The average molecular weight is 245 g/mol. The topological polar surface area (TPSA) is 75.6 Å². The van der Waals surface area contributed by atoms with Crippen LogP contribution in [0.2, 0.25) is 0 Å². The van der Waals surface area contributed by atoms with Crippen LogP contribution in [-0.4, -0.2) is 36.2 Å². The van der Waals surface area contributed by atoms with Crippen molar-refractivity contribution < 1.29 is 19.4 Å². The molecular weight excluding hydrogens is 222 g/mol. The molecule has 0 aromatic carbocycles. The van der Waals surface area contributed by atoms with Gasteiger partial charge in [-0.2, -0.15) is 0 Å². The van der Waals surface area contributed by atoms with Gasteiger partial charge in [0.25, 0.3) is 0 Å². The highest BCUT2D eigenvalue weighted by Crippen LogP contribution is 1.98. The van der Waals surface area contributed by atoms with E-state index < -0.39 is 5.97 Å². The van der Waals surface area contributed by atoms with E-state index in [1.807, 2.05) is 13.8 Å². The van der Waals surface area contributed by atoms with Gasteiger partial charge in [0, 0.05) is 13.0 Å². The first-order valence-corrected chi connectivity index (χ1v) is 6.16. The number of carboxylic acid groups (broad SMARTS) is 1. The Morgan fingerprint density at radius 3 is 2.59 bits per heavy atom. The third-order valence-corrected chi connectivity index (χ3v) is 2.46. The van der Waals surface area contributed by atoms with E-state index >= 15 is 0 Å². The fourth-order valence-corrected chi connectivity index (χ4v) is 1.19. The second kappa shape index (κ2) is 10.1. The van der Waals surface area contributed by atoms with Gasteiger partial charge in [-0.3, -0.25) is 9.59 Å². The Bertz CT molecular complexity index is 231. The molecule has 0 radical (unpaired) electrons. The Hall–Kier alpha value is -1.10. The van der Waals surface area contributed by atoms with Crippen LogP contribution in [0, 0.1) is 0 Å². The van der Waals surface area contributed by atoms with Gasteiger partial charge in [0.05, 0.1) is 6.10 Å². The molecule has 0 aliphatic heterocycles. The first-order chi connectivity index (χ1) is 8.06. The molecule has 0 fully saturated rings. The molecule has 0 heterocycles. The summed E-state index contributed by atoms with van der Waals surface area (Å²) in [5.41, 5.74) is 0. The number of carbonyl (C=O) groups is 2. The average Bonchev–Trinajstić information content (AvgIpc) is 2.30. The van der Waals surface area contributed by atoms with Crippen molar-refractivity contribution in [3.8, 4) is 0 Å². The van der Waals surface area contributed by atoms with Crippen molar-refractivity contribution in [1.82, 2.24) is 5.32 Å². The first-order valence-electron chi connectivity index (χ1n) is 6.16. The van der Waals surface area contributed by atoms with Crippen molar-refractivity contribution >= 4 is 11.9 Å². The molecule has 17 heavy (non-hydrogen) atoms. The minimum atomic E-state index is -0.768. The summed E-state index contributed by atoms with van der Waals surface area (Å²) in [7, 11) is 0. The summed E-state index contributed by atoms with van der Waals surface area (Å²) in [6.45, 7) is 4.62. The molecule has 0 spiro atoms. The fourth-order valence-electron chi connectivity index (χ4n) is 1.19. The van der Waals surface area contributed by atoms with Crippen LogP contribution < -0.4 is 5.32 Å². The molecule has 5 nitrogen and oxygen atoms in total. The minimum absolute atomic E-state index is 0.101. The second-order valence-corrected chi connectivity index (χ2v) is 4.08. The minimum Gasteiger partial charge on any atom is -0.481 e. The van der Waals surface area contributed by atoms with Gasteiger partial charge in [-0.15, -0.1) is 0 Å². The molecule has 0 rings (SSSR count). The summed E-state index contributed by atoms with van der Waals surface area (Å²) in [4.78, 5) is 21.5. The monoisotopic (exact) mass is 245 g/mol. The van der Waals surface area contributed by atoms with Crippen LogP contribution in [0.3, 0.4) is 0 Å². The Labute approximate surface area is 103 Å². The molecule has 0 saturated heterocycles. The van der Waals surface area contributed by atoms with Gasteiger partial charge in [0.15, 0.2) is 0 Å². The van der Waals surface area contributed by atoms with Crippen LogP contribution in [-0.2, 0) is 14.3 Å². The zero-order chi connectivity index (χ0) is 13.1. The molecule has 5 heteroatoms. The second-order valence-electron chi connectivity index (χ2n) is 4.08.